The van der Waals surface area contributed by atoms with E-state index in [9.17, 15) is 14.4 Å². The van der Waals surface area contributed by atoms with Gasteiger partial charge in [0, 0.05) is 41.8 Å². The number of aromatic nitrogens is 3. The molecular formula is C22H21N3O6. The Bertz CT molecular complexity index is 1240. The molecule has 1 aliphatic heterocycles. The maximum absolute atomic E-state index is 12.7. The molecule has 0 bridgehead atoms. The highest BCUT2D eigenvalue weighted by Gasteiger charge is 2.20. The molecule has 0 N–H and O–H groups in total. The Morgan fingerprint density at radius 3 is 2.55 bits per heavy atom. The van der Waals surface area contributed by atoms with E-state index in [1.807, 2.05) is 36.6 Å². The predicted octanol–water partition coefficient (Wildman–Crippen LogP) is 2.00. The highest BCUT2D eigenvalue weighted by atomic mass is 16.6. The molecule has 3 aromatic rings. The fourth-order valence-electron chi connectivity index (χ4n) is 3.51. The van der Waals surface area contributed by atoms with Crippen molar-refractivity contribution in [1.29, 1.82) is 0 Å². The minimum absolute atomic E-state index is 0.0448. The van der Waals surface area contributed by atoms with Crippen molar-refractivity contribution in [3.8, 4) is 17.2 Å². The Morgan fingerprint density at radius 1 is 1.06 bits per heavy atom. The van der Waals surface area contributed by atoms with Crippen LogP contribution in [0.25, 0.3) is 5.69 Å². The molecular weight excluding hydrogens is 402 g/mol. The number of esters is 1. The summed E-state index contributed by atoms with van der Waals surface area (Å²) in [5.74, 6) is 0.232. The number of aryl methyl sites for hydroxylation is 2. The van der Waals surface area contributed by atoms with Crippen LogP contribution in [0.15, 0.2) is 41.2 Å². The van der Waals surface area contributed by atoms with Gasteiger partial charge in [-0.25, -0.2) is 9.48 Å². The van der Waals surface area contributed by atoms with Gasteiger partial charge in [0.25, 0.3) is 5.56 Å². The molecule has 2 aromatic heterocycles. The summed E-state index contributed by atoms with van der Waals surface area (Å²) >= 11 is 0. The average molecular weight is 423 g/mol. The molecule has 1 aromatic carbocycles. The maximum atomic E-state index is 12.7. The van der Waals surface area contributed by atoms with Crippen molar-refractivity contribution < 1.29 is 23.8 Å². The molecule has 31 heavy (non-hydrogen) atoms. The standard InChI is InChI=1S/C22H21N3O6/c1-13-10-16(18(26)12-31-22(28)17-5-7-21(27)24(3)23-17)14(2)25(13)15-4-6-19-20(11-15)30-9-8-29-19/h4-7,10-11H,8-9,12H2,1-3H3. The second kappa shape index (κ2) is 8.10. The van der Waals surface area contributed by atoms with Crippen LogP contribution in [0.4, 0.5) is 0 Å². The second-order valence-electron chi connectivity index (χ2n) is 7.13. The van der Waals surface area contributed by atoms with Gasteiger partial charge in [-0.15, -0.1) is 0 Å². The van der Waals surface area contributed by atoms with Crippen LogP contribution in [-0.2, 0) is 11.8 Å². The first kappa shape index (κ1) is 20.4. The van der Waals surface area contributed by atoms with Crippen LogP contribution in [0, 0.1) is 13.8 Å². The van der Waals surface area contributed by atoms with Gasteiger partial charge < -0.3 is 18.8 Å². The lowest BCUT2D eigenvalue weighted by atomic mass is 10.1. The predicted molar refractivity (Wildman–Crippen MR) is 110 cm³/mol. The Balaban J connectivity index is 1.52. The number of Topliss-reactive ketones (excluding diaryl/α,β-unsaturated/α-hetero) is 1. The molecule has 0 unspecified atom stereocenters. The summed E-state index contributed by atoms with van der Waals surface area (Å²) in [5.41, 5.74) is 2.47. The van der Waals surface area contributed by atoms with Crippen molar-refractivity contribution in [3.05, 3.63) is 69.4 Å². The van der Waals surface area contributed by atoms with E-state index < -0.39 is 12.6 Å². The summed E-state index contributed by atoms with van der Waals surface area (Å²) in [6.07, 6.45) is 0. The number of hydrogen-bond acceptors (Lipinski definition) is 7. The van der Waals surface area contributed by atoms with E-state index in [0.717, 1.165) is 21.8 Å². The number of ketones is 1. The number of hydrogen-bond donors (Lipinski definition) is 0. The fraction of sp³-hybridized carbons (Fsp3) is 0.273. The summed E-state index contributed by atoms with van der Waals surface area (Å²) in [7, 11) is 1.43. The van der Waals surface area contributed by atoms with Crippen LogP contribution in [0.2, 0.25) is 0 Å². The van der Waals surface area contributed by atoms with Crippen LogP contribution in [0.3, 0.4) is 0 Å². The molecule has 0 radical (unpaired) electrons. The lowest BCUT2D eigenvalue weighted by Gasteiger charge is -2.20. The largest absolute Gasteiger partial charge is 0.486 e. The van der Waals surface area contributed by atoms with E-state index in [2.05, 4.69) is 5.10 Å². The minimum Gasteiger partial charge on any atom is -0.486 e. The number of nitrogens with zero attached hydrogens (tertiary/aromatic N) is 3. The molecule has 160 valence electrons. The van der Waals surface area contributed by atoms with Crippen molar-refractivity contribution in [2.24, 2.45) is 7.05 Å². The van der Waals surface area contributed by atoms with Crippen LogP contribution >= 0.6 is 0 Å². The molecule has 0 aliphatic carbocycles. The van der Waals surface area contributed by atoms with E-state index in [0.29, 0.717) is 30.3 Å². The van der Waals surface area contributed by atoms with E-state index >= 15 is 0 Å². The van der Waals surface area contributed by atoms with E-state index in [1.165, 1.54) is 19.2 Å². The molecule has 0 saturated carbocycles. The third kappa shape index (κ3) is 3.94. The van der Waals surface area contributed by atoms with Crippen LogP contribution in [-0.4, -0.2) is 45.9 Å². The number of fused-ring (bicyclic) bond motifs is 1. The maximum Gasteiger partial charge on any atom is 0.359 e. The molecule has 1 aliphatic rings. The summed E-state index contributed by atoms with van der Waals surface area (Å²) in [6, 6.07) is 9.84. The summed E-state index contributed by atoms with van der Waals surface area (Å²) in [5, 5.41) is 3.83. The van der Waals surface area contributed by atoms with Crippen LogP contribution < -0.4 is 15.0 Å². The van der Waals surface area contributed by atoms with Crippen molar-refractivity contribution in [3.63, 3.8) is 0 Å². The lowest BCUT2D eigenvalue weighted by Crippen LogP contribution is -2.23. The monoisotopic (exact) mass is 423 g/mol. The molecule has 3 heterocycles. The average Bonchev–Trinajstić information content (AvgIpc) is 3.07. The van der Waals surface area contributed by atoms with Crippen molar-refractivity contribution in [2.75, 3.05) is 19.8 Å². The highest BCUT2D eigenvalue weighted by Crippen LogP contribution is 2.33. The molecule has 9 nitrogen and oxygen atoms in total. The Morgan fingerprint density at radius 2 is 1.81 bits per heavy atom. The van der Waals surface area contributed by atoms with E-state index in [1.54, 1.807) is 6.07 Å². The van der Waals surface area contributed by atoms with Gasteiger partial charge in [-0.2, -0.15) is 5.10 Å². The van der Waals surface area contributed by atoms with Gasteiger partial charge >= 0.3 is 5.97 Å². The number of benzene rings is 1. The van der Waals surface area contributed by atoms with Gasteiger partial charge in [-0.3, -0.25) is 9.59 Å². The van der Waals surface area contributed by atoms with Gasteiger partial charge in [0.2, 0.25) is 5.78 Å². The number of ether oxygens (including phenoxy) is 3. The highest BCUT2D eigenvalue weighted by molar-refractivity contribution is 6.00. The quantitative estimate of drug-likeness (QED) is 0.457. The molecule has 0 saturated heterocycles. The van der Waals surface area contributed by atoms with Gasteiger partial charge in [0.05, 0.1) is 0 Å². The van der Waals surface area contributed by atoms with Crippen molar-refractivity contribution in [2.45, 2.75) is 13.8 Å². The van der Waals surface area contributed by atoms with Gasteiger partial charge in [-0.05, 0) is 38.1 Å². The zero-order valence-electron chi connectivity index (χ0n) is 17.4. The fourth-order valence-corrected chi connectivity index (χ4v) is 3.51. The normalized spacial score (nSPS) is 12.5. The Kier molecular flexibility index (Phi) is 5.33. The number of carbonyl (C=O) groups is 2. The third-order valence-corrected chi connectivity index (χ3v) is 5.02. The first-order chi connectivity index (χ1) is 14.8. The third-order valence-electron chi connectivity index (χ3n) is 5.02. The van der Waals surface area contributed by atoms with E-state index in [-0.39, 0.29) is 17.0 Å². The van der Waals surface area contributed by atoms with Gasteiger partial charge in [0.1, 0.15) is 13.2 Å². The number of rotatable bonds is 5. The first-order valence-corrected chi connectivity index (χ1v) is 9.69. The SMILES string of the molecule is Cc1cc(C(=O)COC(=O)c2ccc(=O)n(C)n2)c(C)n1-c1ccc2c(c1)OCCO2. The second-order valence-corrected chi connectivity index (χ2v) is 7.13. The smallest absolute Gasteiger partial charge is 0.359 e. The van der Waals surface area contributed by atoms with Crippen LogP contribution in [0.5, 0.6) is 11.5 Å². The summed E-state index contributed by atoms with van der Waals surface area (Å²) < 4.78 is 19.3. The van der Waals surface area contributed by atoms with Gasteiger partial charge in [-0.1, -0.05) is 0 Å². The topological polar surface area (TPSA) is 102 Å². The molecule has 4 rings (SSSR count). The summed E-state index contributed by atoms with van der Waals surface area (Å²) in [4.78, 5) is 36.3. The molecule has 0 spiro atoms. The first-order valence-electron chi connectivity index (χ1n) is 9.69. The Hall–Kier alpha value is -3.88. The van der Waals surface area contributed by atoms with Crippen molar-refractivity contribution >= 4 is 11.8 Å². The molecule has 0 atom stereocenters. The molecule has 0 fully saturated rings. The molecule has 9 heteroatoms. The van der Waals surface area contributed by atoms with E-state index in [4.69, 9.17) is 14.2 Å². The minimum atomic E-state index is -0.774. The number of carbonyl (C=O) groups excluding carboxylic acids is 2. The zero-order chi connectivity index (χ0) is 22.1. The van der Waals surface area contributed by atoms with Crippen molar-refractivity contribution in [1.82, 2.24) is 14.3 Å². The lowest BCUT2D eigenvalue weighted by molar-refractivity contribution is 0.0466. The van der Waals surface area contributed by atoms with Gasteiger partial charge in [0.15, 0.2) is 23.8 Å². The Labute approximate surface area is 177 Å². The summed E-state index contributed by atoms with van der Waals surface area (Å²) in [6.45, 7) is 4.28. The molecule has 0 amide bonds. The zero-order valence-corrected chi connectivity index (χ0v) is 17.4. The van der Waals surface area contributed by atoms with Crippen LogP contribution in [0.1, 0.15) is 32.2 Å².